The van der Waals surface area contributed by atoms with Gasteiger partial charge in [0.1, 0.15) is 5.82 Å². The van der Waals surface area contributed by atoms with Crippen LogP contribution < -0.4 is 4.90 Å². The average Bonchev–Trinajstić information content (AvgIpc) is 3.26. The van der Waals surface area contributed by atoms with E-state index in [0.717, 1.165) is 62.0 Å². The van der Waals surface area contributed by atoms with Crippen LogP contribution in [-0.2, 0) is 16.0 Å². The SMILES string of the molecule is CCN(CC)C(=O)CN1CCN(c2cccc(-n3c(CCOC)nc4cc(C(=O)O)ccc43)c2)CC1. The number of ether oxygens (including phenoxy) is 1. The zero-order valence-electron chi connectivity index (χ0n) is 21.3. The summed E-state index contributed by atoms with van der Waals surface area (Å²) in [7, 11) is 1.66. The molecule has 0 aliphatic carbocycles. The first-order chi connectivity index (χ1) is 17.4. The van der Waals surface area contributed by atoms with Crippen LogP contribution in [0.25, 0.3) is 16.7 Å². The van der Waals surface area contributed by atoms with Gasteiger partial charge in [-0.3, -0.25) is 14.3 Å². The second kappa shape index (κ2) is 11.5. The topological polar surface area (TPSA) is 91.1 Å². The first-order valence-corrected chi connectivity index (χ1v) is 12.5. The summed E-state index contributed by atoms with van der Waals surface area (Å²) in [4.78, 5) is 35.2. The van der Waals surface area contributed by atoms with Crippen molar-refractivity contribution >= 4 is 28.6 Å². The molecule has 9 heteroatoms. The Morgan fingerprint density at radius 1 is 1.03 bits per heavy atom. The fourth-order valence-corrected chi connectivity index (χ4v) is 4.77. The number of aromatic carboxylic acids is 1. The van der Waals surface area contributed by atoms with E-state index in [2.05, 4.69) is 26.5 Å². The summed E-state index contributed by atoms with van der Waals surface area (Å²) < 4.78 is 7.38. The summed E-state index contributed by atoms with van der Waals surface area (Å²) in [5.41, 5.74) is 3.82. The maximum absolute atomic E-state index is 12.5. The van der Waals surface area contributed by atoms with Crippen LogP contribution in [0.2, 0.25) is 0 Å². The highest BCUT2D eigenvalue weighted by molar-refractivity contribution is 5.93. The number of benzene rings is 2. The summed E-state index contributed by atoms with van der Waals surface area (Å²) >= 11 is 0. The molecule has 0 radical (unpaired) electrons. The van der Waals surface area contributed by atoms with E-state index >= 15 is 0 Å². The number of carbonyl (C=O) groups excluding carboxylic acids is 1. The van der Waals surface area contributed by atoms with E-state index in [4.69, 9.17) is 9.72 Å². The zero-order chi connectivity index (χ0) is 25.7. The lowest BCUT2D eigenvalue weighted by molar-refractivity contribution is -0.132. The number of anilines is 1. The van der Waals surface area contributed by atoms with Gasteiger partial charge in [-0.1, -0.05) is 6.07 Å². The van der Waals surface area contributed by atoms with Gasteiger partial charge in [-0.15, -0.1) is 0 Å². The molecular weight excluding hydrogens is 458 g/mol. The molecule has 0 spiro atoms. The molecule has 36 heavy (non-hydrogen) atoms. The number of carboxylic acid groups (broad SMARTS) is 1. The van der Waals surface area contributed by atoms with Crippen molar-refractivity contribution in [3.05, 3.63) is 53.9 Å². The molecule has 4 rings (SSSR count). The molecule has 0 atom stereocenters. The van der Waals surface area contributed by atoms with Crippen molar-refractivity contribution in [2.24, 2.45) is 0 Å². The molecule has 1 amide bonds. The van der Waals surface area contributed by atoms with Crippen LogP contribution in [0.5, 0.6) is 0 Å². The van der Waals surface area contributed by atoms with Crippen molar-refractivity contribution in [1.29, 1.82) is 0 Å². The molecule has 0 bridgehead atoms. The third-order valence-electron chi connectivity index (χ3n) is 6.80. The Morgan fingerprint density at radius 2 is 1.75 bits per heavy atom. The molecule has 1 aliphatic heterocycles. The van der Waals surface area contributed by atoms with Gasteiger partial charge in [0.15, 0.2) is 0 Å². The second-order valence-electron chi connectivity index (χ2n) is 8.96. The number of aromatic nitrogens is 2. The molecule has 0 unspecified atom stereocenters. The van der Waals surface area contributed by atoms with E-state index in [9.17, 15) is 14.7 Å². The Bertz CT molecular complexity index is 1210. The van der Waals surface area contributed by atoms with Gasteiger partial charge in [0.25, 0.3) is 0 Å². The highest BCUT2D eigenvalue weighted by Gasteiger charge is 2.22. The van der Waals surface area contributed by atoms with Crippen molar-refractivity contribution in [2.75, 3.05) is 64.4 Å². The molecule has 1 aromatic heterocycles. The third kappa shape index (κ3) is 5.52. The van der Waals surface area contributed by atoms with Crippen LogP contribution in [0.3, 0.4) is 0 Å². The van der Waals surface area contributed by atoms with Crippen LogP contribution >= 0.6 is 0 Å². The second-order valence-corrected chi connectivity index (χ2v) is 8.96. The highest BCUT2D eigenvalue weighted by Crippen LogP contribution is 2.27. The molecule has 0 saturated carbocycles. The number of rotatable bonds is 10. The summed E-state index contributed by atoms with van der Waals surface area (Å²) in [6.07, 6.45) is 0.608. The van der Waals surface area contributed by atoms with Crippen LogP contribution in [0.4, 0.5) is 5.69 Å². The number of carbonyl (C=O) groups is 2. The first-order valence-electron chi connectivity index (χ1n) is 12.5. The highest BCUT2D eigenvalue weighted by atomic mass is 16.5. The van der Waals surface area contributed by atoms with E-state index in [1.165, 1.54) is 0 Å². The monoisotopic (exact) mass is 493 g/mol. The van der Waals surface area contributed by atoms with Crippen LogP contribution in [0, 0.1) is 0 Å². The quantitative estimate of drug-likeness (QED) is 0.464. The van der Waals surface area contributed by atoms with Crippen LogP contribution in [0.15, 0.2) is 42.5 Å². The van der Waals surface area contributed by atoms with Crippen molar-refractivity contribution in [3.63, 3.8) is 0 Å². The van der Waals surface area contributed by atoms with E-state index in [-0.39, 0.29) is 11.5 Å². The fraction of sp³-hybridized carbons (Fsp3) is 0.444. The number of imidazole rings is 1. The Kier molecular flexibility index (Phi) is 8.22. The third-order valence-corrected chi connectivity index (χ3v) is 6.80. The smallest absolute Gasteiger partial charge is 0.335 e. The van der Waals surface area contributed by atoms with Gasteiger partial charge in [0, 0.05) is 64.2 Å². The van der Waals surface area contributed by atoms with Gasteiger partial charge < -0.3 is 19.6 Å². The Labute approximate surface area is 211 Å². The number of fused-ring (bicyclic) bond motifs is 1. The predicted molar refractivity (Wildman–Crippen MR) is 140 cm³/mol. The van der Waals surface area contributed by atoms with Crippen molar-refractivity contribution in [3.8, 4) is 5.69 Å². The molecule has 1 N–H and O–H groups in total. The fourth-order valence-electron chi connectivity index (χ4n) is 4.77. The number of hydrogen-bond acceptors (Lipinski definition) is 6. The maximum atomic E-state index is 12.5. The van der Waals surface area contributed by atoms with E-state index in [1.807, 2.05) is 36.9 Å². The summed E-state index contributed by atoms with van der Waals surface area (Å²) in [5.74, 6) is 0.0492. The van der Waals surface area contributed by atoms with Gasteiger partial charge in [-0.2, -0.15) is 0 Å². The molecule has 2 aromatic carbocycles. The largest absolute Gasteiger partial charge is 0.478 e. The maximum Gasteiger partial charge on any atom is 0.335 e. The van der Waals surface area contributed by atoms with E-state index in [1.54, 1.807) is 19.2 Å². The standard InChI is InChI=1S/C27H35N5O4/c1-4-30(5-2)26(33)19-29-12-14-31(15-13-29)21-7-6-8-22(18-21)32-24-10-9-20(27(34)35)17-23(24)28-25(32)11-16-36-3/h6-10,17-18H,4-5,11-16,19H2,1-3H3,(H,34,35). The van der Waals surface area contributed by atoms with Gasteiger partial charge in [-0.05, 0) is 50.2 Å². The minimum Gasteiger partial charge on any atom is -0.478 e. The molecule has 3 aromatic rings. The molecule has 1 fully saturated rings. The van der Waals surface area contributed by atoms with Gasteiger partial charge in [0.05, 0.1) is 29.7 Å². The van der Waals surface area contributed by atoms with E-state index < -0.39 is 5.97 Å². The summed E-state index contributed by atoms with van der Waals surface area (Å²) in [5, 5.41) is 9.39. The number of piperazine rings is 1. The minimum atomic E-state index is -0.968. The lowest BCUT2D eigenvalue weighted by Gasteiger charge is -2.36. The first kappa shape index (κ1) is 25.7. The van der Waals surface area contributed by atoms with Crippen molar-refractivity contribution in [1.82, 2.24) is 19.4 Å². The lowest BCUT2D eigenvalue weighted by Crippen LogP contribution is -2.50. The molecule has 1 aliphatic rings. The number of hydrogen-bond donors (Lipinski definition) is 1. The van der Waals surface area contributed by atoms with E-state index in [0.29, 0.717) is 25.1 Å². The minimum absolute atomic E-state index is 0.192. The normalized spacial score (nSPS) is 14.4. The molecular formula is C27H35N5O4. The molecule has 9 nitrogen and oxygen atoms in total. The zero-order valence-corrected chi connectivity index (χ0v) is 21.3. The Hall–Kier alpha value is -3.43. The summed E-state index contributed by atoms with van der Waals surface area (Å²) in [6, 6.07) is 13.4. The number of nitrogens with zero attached hydrogens (tertiary/aromatic N) is 5. The number of methoxy groups -OCH3 is 1. The van der Waals surface area contributed by atoms with Gasteiger partial charge >= 0.3 is 5.97 Å². The Morgan fingerprint density at radius 3 is 2.42 bits per heavy atom. The predicted octanol–water partition coefficient (Wildman–Crippen LogP) is 2.90. The van der Waals surface area contributed by atoms with Gasteiger partial charge in [0.2, 0.25) is 5.91 Å². The molecule has 1 saturated heterocycles. The van der Waals surface area contributed by atoms with Crippen molar-refractivity contribution < 1.29 is 19.4 Å². The average molecular weight is 494 g/mol. The van der Waals surface area contributed by atoms with Crippen LogP contribution in [0.1, 0.15) is 30.0 Å². The number of amides is 1. The molecule has 2 heterocycles. The number of carboxylic acids is 1. The van der Waals surface area contributed by atoms with Crippen molar-refractivity contribution in [2.45, 2.75) is 20.3 Å². The molecule has 192 valence electrons. The number of likely N-dealkylation sites (N-methyl/N-ethyl adjacent to an activating group) is 1. The van der Waals surface area contributed by atoms with Crippen LogP contribution in [-0.4, -0.2) is 95.9 Å². The Balaban J connectivity index is 1.55. The lowest BCUT2D eigenvalue weighted by atomic mass is 10.2. The summed E-state index contributed by atoms with van der Waals surface area (Å²) in [6.45, 7) is 9.87. The van der Waals surface area contributed by atoms with Gasteiger partial charge in [-0.25, -0.2) is 9.78 Å².